The largest absolute Gasteiger partial charge is 0.351 e. The lowest BCUT2D eigenvalue weighted by Crippen LogP contribution is -2.20. The summed E-state index contributed by atoms with van der Waals surface area (Å²) in [5.41, 5.74) is 4.74. The molecule has 0 saturated heterocycles. The van der Waals surface area contributed by atoms with Crippen LogP contribution in [-0.4, -0.2) is 11.0 Å². The highest BCUT2D eigenvalue weighted by molar-refractivity contribution is 5.86. The molecular formula is C6H6FN3O. The molecular weight excluding hydrogens is 149 g/mol. The molecule has 0 radical (unpaired) electrons. The first-order valence-electron chi connectivity index (χ1n) is 2.87. The van der Waals surface area contributed by atoms with Gasteiger partial charge in [0.1, 0.15) is 0 Å². The van der Waals surface area contributed by atoms with Crippen LogP contribution in [0.3, 0.4) is 0 Å². The number of urea groups is 1. The zero-order valence-electron chi connectivity index (χ0n) is 5.54. The van der Waals surface area contributed by atoms with Crippen LogP contribution in [-0.2, 0) is 0 Å². The predicted octanol–water partition coefficient (Wildman–Crippen LogP) is 0.711. The van der Waals surface area contributed by atoms with E-state index in [2.05, 4.69) is 4.98 Å². The molecule has 1 aromatic heterocycles. The maximum absolute atomic E-state index is 12.6. The maximum atomic E-state index is 12.6. The molecule has 0 saturated carbocycles. The Hall–Kier alpha value is -1.65. The van der Waals surface area contributed by atoms with Crippen molar-refractivity contribution in [2.45, 2.75) is 0 Å². The van der Waals surface area contributed by atoms with E-state index in [1.807, 2.05) is 5.32 Å². The van der Waals surface area contributed by atoms with Gasteiger partial charge in [-0.15, -0.1) is 0 Å². The lowest BCUT2D eigenvalue weighted by molar-refractivity contribution is 0.259. The summed E-state index contributed by atoms with van der Waals surface area (Å²) in [7, 11) is 0. The molecule has 0 aromatic carbocycles. The van der Waals surface area contributed by atoms with Crippen molar-refractivity contribution in [1.82, 2.24) is 4.98 Å². The van der Waals surface area contributed by atoms with Crippen molar-refractivity contribution in [2.24, 2.45) is 5.73 Å². The van der Waals surface area contributed by atoms with E-state index in [4.69, 9.17) is 5.73 Å². The molecule has 2 amide bonds. The van der Waals surface area contributed by atoms with Crippen LogP contribution >= 0.6 is 0 Å². The number of pyridine rings is 1. The summed E-state index contributed by atoms with van der Waals surface area (Å²) in [5, 5.41) is 2.03. The van der Waals surface area contributed by atoms with Gasteiger partial charge in [0, 0.05) is 6.20 Å². The monoisotopic (exact) mass is 155 g/mol. The van der Waals surface area contributed by atoms with Crippen LogP contribution < -0.4 is 11.1 Å². The van der Waals surface area contributed by atoms with Gasteiger partial charge >= 0.3 is 6.03 Å². The molecule has 1 aromatic rings. The molecule has 3 N–H and O–H groups in total. The van der Waals surface area contributed by atoms with Crippen molar-refractivity contribution in [2.75, 3.05) is 5.32 Å². The fraction of sp³-hybridized carbons (Fsp3) is 0. The SMILES string of the molecule is NC(=O)Nc1ncccc1F. The van der Waals surface area contributed by atoms with Gasteiger partial charge in [0.15, 0.2) is 11.6 Å². The maximum Gasteiger partial charge on any atom is 0.317 e. The molecule has 0 bridgehead atoms. The Labute approximate surface area is 62.2 Å². The number of rotatable bonds is 1. The van der Waals surface area contributed by atoms with Crippen molar-refractivity contribution >= 4 is 11.8 Å². The number of nitrogens with two attached hydrogens (primary N) is 1. The zero-order valence-corrected chi connectivity index (χ0v) is 5.54. The van der Waals surface area contributed by atoms with Gasteiger partial charge in [0.05, 0.1) is 0 Å². The van der Waals surface area contributed by atoms with Crippen LogP contribution in [0.2, 0.25) is 0 Å². The average molecular weight is 155 g/mol. The Bertz CT molecular complexity index is 276. The van der Waals surface area contributed by atoms with Crippen molar-refractivity contribution in [3.8, 4) is 0 Å². The second-order valence-corrected chi connectivity index (χ2v) is 1.82. The van der Waals surface area contributed by atoms with E-state index in [0.717, 1.165) is 0 Å². The minimum Gasteiger partial charge on any atom is -0.351 e. The normalized spacial score (nSPS) is 9.18. The first-order chi connectivity index (χ1) is 5.20. The Morgan fingerprint density at radius 2 is 2.45 bits per heavy atom. The number of hydrogen-bond acceptors (Lipinski definition) is 2. The highest BCUT2D eigenvalue weighted by atomic mass is 19.1. The number of primary amides is 1. The van der Waals surface area contributed by atoms with Gasteiger partial charge < -0.3 is 5.73 Å². The van der Waals surface area contributed by atoms with Crippen LogP contribution in [0.1, 0.15) is 0 Å². The fourth-order valence-electron chi connectivity index (χ4n) is 0.594. The predicted molar refractivity (Wildman–Crippen MR) is 37.4 cm³/mol. The summed E-state index contributed by atoms with van der Waals surface area (Å²) in [6, 6.07) is 1.77. The molecule has 0 atom stereocenters. The van der Waals surface area contributed by atoms with Gasteiger partial charge in [-0.1, -0.05) is 0 Å². The van der Waals surface area contributed by atoms with Crippen molar-refractivity contribution in [1.29, 1.82) is 0 Å². The molecule has 0 aliphatic carbocycles. The van der Waals surface area contributed by atoms with Crippen LogP contribution in [0, 0.1) is 5.82 Å². The molecule has 0 spiro atoms. The first kappa shape index (κ1) is 7.46. The van der Waals surface area contributed by atoms with E-state index in [1.54, 1.807) is 0 Å². The molecule has 0 aliphatic heterocycles. The van der Waals surface area contributed by atoms with E-state index in [-0.39, 0.29) is 5.82 Å². The number of halogens is 1. The van der Waals surface area contributed by atoms with Crippen molar-refractivity contribution < 1.29 is 9.18 Å². The molecule has 11 heavy (non-hydrogen) atoms. The minimum atomic E-state index is -0.831. The summed E-state index contributed by atoms with van der Waals surface area (Å²) in [6.07, 6.45) is 1.36. The Morgan fingerprint density at radius 3 is 3.00 bits per heavy atom. The van der Waals surface area contributed by atoms with Crippen molar-refractivity contribution in [3.63, 3.8) is 0 Å². The number of aromatic nitrogens is 1. The van der Waals surface area contributed by atoms with E-state index in [1.165, 1.54) is 18.3 Å². The molecule has 5 heteroatoms. The van der Waals surface area contributed by atoms with Gasteiger partial charge in [-0.3, -0.25) is 5.32 Å². The van der Waals surface area contributed by atoms with Gasteiger partial charge in [0.2, 0.25) is 0 Å². The molecule has 58 valence electrons. The van der Waals surface area contributed by atoms with E-state index >= 15 is 0 Å². The Kier molecular flexibility index (Phi) is 2.00. The molecule has 4 nitrogen and oxygen atoms in total. The van der Waals surface area contributed by atoms with Gasteiger partial charge in [-0.05, 0) is 12.1 Å². The van der Waals surface area contributed by atoms with E-state index in [9.17, 15) is 9.18 Å². The third kappa shape index (κ3) is 1.89. The summed E-state index contributed by atoms with van der Waals surface area (Å²) in [4.78, 5) is 13.8. The Balaban J connectivity index is 2.86. The topological polar surface area (TPSA) is 68.0 Å². The lowest BCUT2D eigenvalue weighted by atomic mass is 10.4. The minimum absolute atomic E-state index is 0.153. The number of carbonyl (C=O) groups excluding carboxylic acids is 1. The third-order valence-electron chi connectivity index (χ3n) is 1.00. The number of anilines is 1. The molecule has 1 heterocycles. The summed E-state index contributed by atoms with van der Waals surface area (Å²) >= 11 is 0. The van der Waals surface area contributed by atoms with Crippen LogP contribution in [0.4, 0.5) is 15.0 Å². The van der Waals surface area contributed by atoms with Gasteiger partial charge in [-0.2, -0.15) is 0 Å². The third-order valence-corrected chi connectivity index (χ3v) is 1.00. The number of carbonyl (C=O) groups is 1. The summed E-state index contributed by atoms with van der Waals surface area (Å²) < 4.78 is 12.6. The highest BCUT2D eigenvalue weighted by Gasteiger charge is 2.02. The smallest absolute Gasteiger partial charge is 0.317 e. The fourth-order valence-corrected chi connectivity index (χ4v) is 0.594. The van der Waals surface area contributed by atoms with Crippen molar-refractivity contribution in [3.05, 3.63) is 24.1 Å². The van der Waals surface area contributed by atoms with Crippen LogP contribution in [0.5, 0.6) is 0 Å². The van der Waals surface area contributed by atoms with E-state index < -0.39 is 11.8 Å². The number of amides is 2. The van der Waals surface area contributed by atoms with Gasteiger partial charge in [0.25, 0.3) is 0 Å². The molecule has 0 fully saturated rings. The number of hydrogen-bond donors (Lipinski definition) is 2. The molecule has 1 rings (SSSR count). The summed E-state index contributed by atoms with van der Waals surface area (Å²) in [5.74, 6) is -0.758. The highest BCUT2D eigenvalue weighted by Crippen LogP contribution is 2.06. The number of nitrogens with zero attached hydrogens (tertiary/aromatic N) is 1. The van der Waals surface area contributed by atoms with E-state index in [0.29, 0.717) is 0 Å². The summed E-state index contributed by atoms with van der Waals surface area (Å²) in [6.45, 7) is 0. The Morgan fingerprint density at radius 1 is 1.73 bits per heavy atom. The van der Waals surface area contributed by atoms with Crippen LogP contribution in [0.25, 0.3) is 0 Å². The lowest BCUT2D eigenvalue weighted by Gasteiger charge is -1.99. The molecule has 0 aliphatic rings. The number of nitrogens with one attached hydrogen (secondary N) is 1. The quantitative estimate of drug-likeness (QED) is 0.627. The standard InChI is InChI=1S/C6H6FN3O/c7-4-2-1-3-9-5(4)10-6(8)11/h1-3H,(H3,8,9,10,11). The zero-order chi connectivity index (χ0) is 8.27. The molecule has 0 unspecified atom stereocenters. The van der Waals surface area contributed by atoms with Gasteiger partial charge in [-0.25, -0.2) is 14.2 Å². The second kappa shape index (κ2) is 2.96. The first-order valence-corrected chi connectivity index (χ1v) is 2.87. The average Bonchev–Trinajstić information content (AvgIpc) is 1.93. The second-order valence-electron chi connectivity index (χ2n) is 1.82. The van der Waals surface area contributed by atoms with Crippen LogP contribution in [0.15, 0.2) is 18.3 Å².